The number of hydrogen-bond donors (Lipinski definition) is 1. The third-order valence-electron chi connectivity index (χ3n) is 4.38. The van der Waals surface area contributed by atoms with E-state index in [-0.39, 0.29) is 5.56 Å². The van der Waals surface area contributed by atoms with E-state index in [1.165, 1.54) is 22.7 Å². The molecule has 3 aromatic rings. The number of halogens is 1. The molecule has 0 aromatic carbocycles. The van der Waals surface area contributed by atoms with Gasteiger partial charge in [0.1, 0.15) is 11.5 Å². The van der Waals surface area contributed by atoms with Crippen molar-refractivity contribution in [2.24, 2.45) is 0 Å². The standard InChI is InChI=1S/C18H18FN5O/c1-12-10-23(5-4-21-12)15-2-3-17-22-16(7-18(25)24(17)11-15)13-6-14(19)9-20-8-13/h2-3,6-9,11-12,21H,4-5,10H2,1H3/t12-/m0/s1. The van der Waals surface area contributed by atoms with Crippen molar-refractivity contribution in [2.45, 2.75) is 13.0 Å². The number of fused-ring (bicyclic) bond motifs is 1. The summed E-state index contributed by atoms with van der Waals surface area (Å²) in [5.74, 6) is -0.456. The van der Waals surface area contributed by atoms with Gasteiger partial charge in [-0.25, -0.2) is 9.37 Å². The molecule has 6 nitrogen and oxygen atoms in total. The first-order valence-electron chi connectivity index (χ1n) is 8.23. The Kier molecular flexibility index (Phi) is 3.93. The van der Waals surface area contributed by atoms with Gasteiger partial charge in [-0.05, 0) is 25.1 Å². The van der Waals surface area contributed by atoms with Crippen molar-refractivity contribution in [1.29, 1.82) is 0 Å². The third-order valence-corrected chi connectivity index (χ3v) is 4.38. The van der Waals surface area contributed by atoms with E-state index in [1.807, 2.05) is 18.3 Å². The van der Waals surface area contributed by atoms with Crippen LogP contribution in [-0.4, -0.2) is 40.0 Å². The van der Waals surface area contributed by atoms with Crippen LogP contribution in [0.2, 0.25) is 0 Å². The number of aromatic nitrogens is 3. The van der Waals surface area contributed by atoms with E-state index in [9.17, 15) is 9.18 Å². The lowest BCUT2D eigenvalue weighted by molar-refractivity contribution is 0.484. The molecule has 1 atom stereocenters. The van der Waals surface area contributed by atoms with E-state index >= 15 is 0 Å². The summed E-state index contributed by atoms with van der Waals surface area (Å²) in [6.45, 7) is 4.84. The maximum Gasteiger partial charge on any atom is 0.258 e. The SMILES string of the molecule is C[C@H]1CN(c2ccc3nc(-c4cncc(F)c4)cc(=O)n3c2)CCN1. The lowest BCUT2D eigenvalue weighted by Crippen LogP contribution is -2.49. The lowest BCUT2D eigenvalue weighted by atomic mass is 10.2. The van der Waals surface area contributed by atoms with Crippen LogP contribution in [-0.2, 0) is 0 Å². The zero-order valence-electron chi connectivity index (χ0n) is 13.8. The Morgan fingerprint density at radius 1 is 1.28 bits per heavy atom. The van der Waals surface area contributed by atoms with Crippen molar-refractivity contribution in [2.75, 3.05) is 24.5 Å². The second-order valence-electron chi connectivity index (χ2n) is 6.29. The highest BCUT2D eigenvalue weighted by Gasteiger charge is 2.16. The van der Waals surface area contributed by atoms with Gasteiger partial charge < -0.3 is 10.2 Å². The average Bonchev–Trinajstić information content (AvgIpc) is 2.61. The summed E-state index contributed by atoms with van der Waals surface area (Å²) in [5, 5.41) is 3.40. The molecule has 0 bridgehead atoms. The normalized spacial score (nSPS) is 17.8. The van der Waals surface area contributed by atoms with Crippen molar-refractivity contribution in [1.82, 2.24) is 19.7 Å². The maximum absolute atomic E-state index is 13.4. The Morgan fingerprint density at radius 3 is 2.96 bits per heavy atom. The van der Waals surface area contributed by atoms with E-state index in [4.69, 9.17) is 0 Å². The number of pyridine rings is 2. The molecule has 25 heavy (non-hydrogen) atoms. The van der Waals surface area contributed by atoms with Crippen LogP contribution >= 0.6 is 0 Å². The Labute approximate surface area is 144 Å². The molecule has 128 valence electrons. The van der Waals surface area contributed by atoms with E-state index < -0.39 is 5.82 Å². The van der Waals surface area contributed by atoms with Crippen molar-refractivity contribution in [3.8, 4) is 11.3 Å². The second-order valence-corrected chi connectivity index (χ2v) is 6.29. The molecule has 0 aliphatic carbocycles. The maximum atomic E-state index is 13.4. The summed E-state index contributed by atoms with van der Waals surface area (Å²) in [6, 6.07) is 6.92. The fraction of sp³-hybridized carbons (Fsp3) is 0.278. The number of anilines is 1. The molecule has 0 unspecified atom stereocenters. The minimum absolute atomic E-state index is 0.200. The molecule has 4 heterocycles. The summed E-state index contributed by atoms with van der Waals surface area (Å²) in [4.78, 5) is 23.1. The molecule has 0 amide bonds. The van der Waals surface area contributed by atoms with Crippen LogP contribution in [0.1, 0.15) is 6.92 Å². The number of rotatable bonds is 2. The van der Waals surface area contributed by atoms with Crippen LogP contribution in [0.25, 0.3) is 16.9 Å². The van der Waals surface area contributed by atoms with Crippen LogP contribution in [0.4, 0.5) is 10.1 Å². The van der Waals surface area contributed by atoms with Crippen LogP contribution in [0, 0.1) is 5.82 Å². The van der Waals surface area contributed by atoms with Gasteiger partial charge in [-0.2, -0.15) is 0 Å². The number of nitrogens with one attached hydrogen (secondary N) is 1. The zero-order chi connectivity index (χ0) is 17.4. The highest BCUT2D eigenvalue weighted by atomic mass is 19.1. The molecular formula is C18H18FN5O. The van der Waals surface area contributed by atoms with Crippen molar-refractivity contribution in [3.05, 3.63) is 59.0 Å². The molecule has 0 saturated carbocycles. The molecule has 3 aromatic heterocycles. The smallest absolute Gasteiger partial charge is 0.258 e. The second kappa shape index (κ2) is 6.25. The fourth-order valence-electron chi connectivity index (χ4n) is 3.15. The molecule has 7 heteroatoms. The molecule has 1 saturated heterocycles. The largest absolute Gasteiger partial charge is 0.368 e. The van der Waals surface area contributed by atoms with Gasteiger partial charge in [0.25, 0.3) is 5.56 Å². The van der Waals surface area contributed by atoms with E-state index in [2.05, 4.69) is 27.1 Å². The van der Waals surface area contributed by atoms with Crippen molar-refractivity contribution < 1.29 is 4.39 Å². The summed E-state index contributed by atoms with van der Waals surface area (Å²) in [7, 11) is 0. The molecule has 0 radical (unpaired) electrons. The predicted molar refractivity (Wildman–Crippen MR) is 94.3 cm³/mol. The first-order chi connectivity index (χ1) is 12.1. The van der Waals surface area contributed by atoms with Gasteiger partial charge in [-0.1, -0.05) is 0 Å². The van der Waals surface area contributed by atoms with Gasteiger partial charge in [0.05, 0.1) is 17.6 Å². The molecule has 1 fully saturated rings. The summed E-state index contributed by atoms with van der Waals surface area (Å²) < 4.78 is 14.9. The van der Waals surface area contributed by atoms with Crippen molar-refractivity contribution >= 4 is 11.3 Å². The van der Waals surface area contributed by atoms with Gasteiger partial charge >= 0.3 is 0 Å². The van der Waals surface area contributed by atoms with E-state index in [0.717, 1.165) is 31.5 Å². The minimum atomic E-state index is -0.456. The van der Waals surface area contributed by atoms with E-state index in [1.54, 1.807) is 0 Å². The number of piperazine rings is 1. The highest BCUT2D eigenvalue weighted by molar-refractivity contribution is 5.61. The first-order valence-corrected chi connectivity index (χ1v) is 8.23. The Morgan fingerprint density at radius 2 is 2.16 bits per heavy atom. The van der Waals surface area contributed by atoms with Gasteiger partial charge in [-0.3, -0.25) is 14.2 Å². The molecule has 1 N–H and O–H groups in total. The van der Waals surface area contributed by atoms with E-state index in [0.29, 0.717) is 22.9 Å². The highest BCUT2D eigenvalue weighted by Crippen LogP contribution is 2.19. The van der Waals surface area contributed by atoms with Gasteiger partial charge in [0.15, 0.2) is 0 Å². The molecular weight excluding hydrogens is 321 g/mol. The quantitative estimate of drug-likeness (QED) is 0.770. The lowest BCUT2D eigenvalue weighted by Gasteiger charge is -2.33. The number of nitrogens with zero attached hydrogens (tertiary/aromatic N) is 4. The Hall–Kier alpha value is -2.80. The molecule has 1 aliphatic heterocycles. The topological polar surface area (TPSA) is 62.5 Å². The molecule has 1 aliphatic rings. The summed E-state index contributed by atoms with van der Waals surface area (Å²) >= 11 is 0. The van der Waals surface area contributed by atoms with Gasteiger partial charge in [-0.15, -0.1) is 0 Å². The average molecular weight is 339 g/mol. The first kappa shape index (κ1) is 15.7. The minimum Gasteiger partial charge on any atom is -0.368 e. The molecule has 4 rings (SSSR count). The predicted octanol–water partition coefficient (Wildman–Crippen LogP) is 1.69. The Balaban J connectivity index is 1.76. The van der Waals surface area contributed by atoms with Crippen molar-refractivity contribution in [3.63, 3.8) is 0 Å². The summed E-state index contributed by atoms with van der Waals surface area (Å²) in [6.07, 6.45) is 4.44. The van der Waals surface area contributed by atoms with Gasteiger partial charge in [0.2, 0.25) is 0 Å². The monoisotopic (exact) mass is 339 g/mol. The van der Waals surface area contributed by atoms with Gasteiger partial charge in [0, 0.05) is 49.7 Å². The third kappa shape index (κ3) is 3.10. The zero-order valence-corrected chi connectivity index (χ0v) is 13.8. The van der Waals surface area contributed by atoms with Crippen LogP contribution in [0.5, 0.6) is 0 Å². The number of hydrogen-bond acceptors (Lipinski definition) is 5. The summed E-state index contributed by atoms with van der Waals surface area (Å²) in [5.41, 5.74) is 2.22. The Bertz CT molecular complexity index is 987. The van der Waals surface area contributed by atoms with Crippen LogP contribution < -0.4 is 15.8 Å². The molecule has 0 spiro atoms. The van der Waals surface area contributed by atoms with Crippen LogP contribution in [0.15, 0.2) is 47.7 Å². The van der Waals surface area contributed by atoms with Crippen LogP contribution in [0.3, 0.4) is 0 Å². The fourth-order valence-corrected chi connectivity index (χ4v) is 3.15.